The molecular formula is C23H30N+. The van der Waals surface area contributed by atoms with Crippen molar-refractivity contribution in [3.8, 4) is 0 Å². The Hall–Kier alpha value is -1.89. The van der Waals surface area contributed by atoms with Crippen LogP contribution in [0.25, 0.3) is 0 Å². The summed E-state index contributed by atoms with van der Waals surface area (Å²) in [5.41, 5.74) is 8.73. The van der Waals surface area contributed by atoms with Crippen LogP contribution in [-0.4, -0.2) is 17.3 Å². The Kier molecular flexibility index (Phi) is 4.62. The second-order valence-corrected chi connectivity index (χ2v) is 7.59. The molecule has 0 atom stereocenters. The molecule has 0 radical (unpaired) electrons. The Morgan fingerprint density at radius 3 is 2.46 bits per heavy atom. The molecule has 0 N–H and O–H groups in total. The maximum Gasteiger partial charge on any atom is 0.209 e. The Morgan fingerprint density at radius 1 is 1.04 bits per heavy atom. The third kappa shape index (κ3) is 2.81. The van der Waals surface area contributed by atoms with Crippen molar-refractivity contribution in [1.82, 2.24) is 0 Å². The van der Waals surface area contributed by atoms with Gasteiger partial charge in [-0.05, 0) is 70.1 Å². The minimum absolute atomic E-state index is 0.0600. The molecule has 0 bridgehead atoms. The van der Waals surface area contributed by atoms with Gasteiger partial charge in [0.15, 0.2) is 5.71 Å². The van der Waals surface area contributed by atoms with E-state index < -0.39 is 0 Å². The molecule has 126 valence electrons. The van der Waals surface area contributed by atoms with Gasteiger partial charge in [0.25, 0.3) is 0 Å². The summed E-state index contributed by atoms with van der Waals surface area (Å²) in [4.78, 5) is 0. The van der Waals surface area contributed by atoms with Crippen molar-refractivity contribution in [2.75, 3.05) is 7.05 Å². The second-order valence-electron chi connectivity index (χ2n) is 7.59. The van der Waals surface area contributed by atoms with Crippen LogP contribution in [0, 0.1) is 0 Å². The Balaban J connectivity index is 1.99. The van der Waals surface area contributed by atoms with E-state index in [0.29, 0.717) is 0 Å². The molecule has 0 amide bonds. The van der Waals surface area contributed by atoms with Gasteiger partial charge in [0.2, 0.25) is 5.69 Å². The number of allylic oxidation sites excluding steroid dienone is 6. The number of fused-ring (bicyclic) bond motifs is 1. The molecule has 2 aliphatic rings. The van der Waals surface area contributed by atoms with E-state index >= 15 is 0 Å². The van der Waals surface area contributed by atoms with Crippen LogP contribution < -0.4 is 0 Å². The second kappa shape index (κ2) is 6.55. The van der Waals surface area contributed by atoms with Gasteiger partial charge in [-0.25, -0.2) is 0 Å². The third-order valence-corrected chi connectivity index (χ3v) is 5.84. The van der Waals surface area contributed by atoms with Crippen LogP contribution in [0.5, 0.6) is 0 Å². The number of para-hydroxylation sites is 1. The summed E-state index contributed by atoms with van der Waals surface area (Å²) in [6.07, 6.45) is 12.1. The Morgan fingerprint density at radius 2 is 1.75 bits per heavy atom. The highest BCUT2D eigenvalue weighted by Crippen LogP contribution is 2.39. The number of hydrogen-bond donors (Lipinski definition) is 0. The molecule has 24 heavy (non-hydrogen) atoms. The van der Waals surface area contributed by atoms with Gasteiger partial charge in [-0.2, -0.15) is 4.58 Å². The minimum atomic E-state index is 0.0600. The fourth-order valence-corrected chi connectivity index (χ4v) is 4.26. The quantitative estimate of drug-likeness (QED) is 0.580. The Bertz CT molecular complexity index is 769. The first-order chi connectivity index (χ1) is 11.5. The van der Waals surface area contributed by atoms with Crippen LogP contribution in [0.1, 0.15) is 58.9 Å². The lowest BCUT2D eigenvalue weighted by molar-refractivity contribution is -0.401. The third-order valence-electron chi connectivity index (χ3n) is 5.84. The number of rotatable bonds is 2. The zero-order valence-corrected chi connectivity index (χ0v) is 15.8. The Labute approximate surface area is 147 Å². The molecule has 0 saturated heterocycles. The lowest BCUT2D eigenvalue weighted by Gasteiger charge is -2.15. The molecule has 0 aromatic heterocycles. The maximum atomic E-state index is 2.38. The van der Waals surface area contributed by atoms with E-state index in [1.165, 1.54) is 59.4 Å². The fourth-order valence-electron chi connectivity index (χ4n) is 4.26. The zero-order valence-electron chi connectivity index (χ0n) is 15.8. The molecular weight excluding hydrogens is 290 g/mol. The summed E-state index contributed by atoms with van der Waals surface area (Å²) in [5.74, 6) is 0. The summed E-state index contributed by atoms with van der Waals surface area (Å²) < 4.78 is 2.36. The number of hydrogen-bond acceptors (Lipinski definition) is 0. The van der Waals surface area contributed by atoms with Crippen LogP contribution in [0.15, 0.2) is 59.2 Å². The summed E-state index contributed by atoms with van der Waals surface area (Å²) >= 11 is 0. The highest BCUT2D eigenvalue weighted by atomic mass is 15.0. The van der Waals surface area contributed by atoms with Crippen molar-refractivity contribution in [3.63, 3.8) is 0 Å². The molecule has 1 heterocycles. The molecule has 3 rings (SSSR count). The molecule has 0 spiro atoms. The van der Waals surface area contributed by atoms with Crippen molar-refractivity contribution in [3.05, 3.63) is 64.8 Å². The summed E-state index contributed by atoms with van der Waals surface area (Å²) in [6.45, 7) is 9.13. The lowest BCUT2D eigenvalue weighted by atomic mass is 9.81. The molecule has 1 aromatic rings. The molecule has 1 aromatic carbocycles. The number of nitrogens with zero attached hydrogens (tertiary/aromatic N) is 1. The summed E-state index contributed by atoms with van der Waals surface area (Å²) in [5, 5.41) is 0. The minimum Gasteiger partial charge on any atom is -0.198 e. The van der Waals surface area contributed by atoms with Crippen LogP contribution >= 0.6 is 0 Å². The van der Waals surface area contributed by atoms with Gasteiger partial charge >= 0.3 is 0 Å². The van der Waals surface area contributed by atoms with Crippen LogP contribution in [0.3, 0.4) is 0 Å². The van der Waals surface area contributed by atoms with E-state index in [1.807, 2.05) is 0 Å². The van der Waals surface area contributed by atoms with E-state index in [-0.39, 0.29) is 5.41 Å². The van der Waals surface area contributed by atoms with E-state index in [1.54, 1.807) is 0 Å². The normalized spacial score (nSPS) is 22.5. The molecule has 1 aliphatic carbocycles. The average molecular weight is 321 g/mol. The monoisotopic (exact) mass is 320 g/mol. The SMILES string of the molecule is CC=C1CCCCC(C=CC2=[N+](C)c3ccccc3C2(C)C)=C1C. The van der Waals surface area contributed by atoms with Gasteiger partial charge in [-0.1, -0.05) is 30.4 Å². The van der Waals surface area contributed by atoms with Crippen molar-refractivity contribution in [1.29, 1.82) is 0 Å². The first-order valence-electron chi connectivity index (χ1n) is 9.21. The number of benzene rings is 1. The standard InChI is InChI=1S/C23H30N/c1-6-18-11-7-8-12-19(17(18)2)15-16-22-23(3,4)20-13-9-10-14-21(20)24(22)5/h6,9-10,13-16H,7-8,11-12H2,1-5H3/q+1. The van der Waals surface area contributed by atoms with Crippen LogP contribution in [0.2, 0.25) is 0 Å². The van der Waals surface area contributed by atoms with E-state index in [4.69, 9.17) is 0 Å². The van der Waals surface area contributed by atoms with Gasteiger partial charge in [0, 0.05) is 17.7 Å². The molecule has 0 fully saturated rings. The highest BCUT2D eigenvalue weighted by molar-refractivity contribution is 6.03. The van der Waals surface area contributed by atoms with Crippen molar-refractivity contribution in [2.24, 2.45) is 0 Å². The first kappa shape index (κ1) is 17.0. The van der Waals surface area contributed by atoms with Crippen molar-refractivity contribution in [2.45, 2.75) is 58.8 Å². The van der Waals surface area contributed by atoms with E-state index in [9.17, 15) is 0 Å². The molecule has 0 saturated carbocycles. The smallest absolute Gasteiger partial charge is 0.198 e. The average Bonchev–Trinajstić information content (AvgIpc) is 2.69. The summed E-state index contributed by atoms with van der Waals surface area (Å²) in [7, 11) is 2.19. The highest BCUT2D eigenvalue weighted by Gasteiger charge is 2.42. The molecule has 1 heteroatoms. The predicted molar refractivity (Wildman–Crippen MR) is 104 cm³/mol. The lowest BCUT2D eigenvalue weighted by Crippen LogP contribution is -2.26. The van der Waals surface area contributed by atoms with Crippen LogP contribution in [-0.2, 0) is 5.41 Å². The van der Waals surface area contributed by atoms with Crippen molar-refractivity contribution >= 4 is 11.4 Å². The topological polar surface area (TPSA) is 3.01 Å². The summed E-state index contributed by atoms with van der Waals surface area (Å²) in [6, 6.07) is 8.78. The molecule has 1 nitrogen and oxygen atoms in total. The zero-order chi connectivity index (χ0) is 17.3. The fraction of sp³-hybridized carbons (Fsp3) is 0.435. The maximum absolute atomic E-state index is 2.38. The van der Waals surface area contributed by atoms with Crippen molar-refractivity contribution < 1.29 is 4.58 Å². The van der Waals surface area contributed by atoms with E-state index in [0.717, 1.165) is 0 Å². The molecule has 1 aliphatic heterocycles. The van der Waals surface area contributed by atoms with Gasteiger partial charge in [-0.15, -0.1) is 0 Å². The predicted octanol–water partition coefficient (Wildman–Crippen LogP) is 6.09. The van der Waals surface area contributed by atoms with Gasteiger partial charge in [-0.3, -0.25) is 0 Å². The van der Waals surface area contributed by atoms with Gasteiger partial charge in [0.05, 0.1) is 5.41 Å². The van der Waals surface area contributed by atoms with Gasteiger partial charge in [0.1, 0.15) is 7.05 Å². The van der Waals surface area contributed by atoms with Crippen LogP contribution in [0.4, 0.5) is 5.69 Å². The largest absolute Gasteiger partial charge is 0.209 e. The van der Waals surface area contributed by atoms with Gasteiger partial charge < -0.3 is 0 Å². The van der Waals surface area contributed by atoms with E-state index in [2.05, 4.69) is 81.8 Å². The first-order valence-corrected chi connectivity index (χ1v) is 9.21. The molecule has 0 unspecified atom stereocenters.